The fraction of sp³-hybridized carbons (Fsp3) is 1.00. The van der Waals surface area contributed by atoms with Gasteiger partial charge < -0.3 is 4.74 Å². The Morgan fingerprint density at radius 2 is 1.85 bits per heavy atom. The first-order valence-electron chi connectivity index (χ1n) is 5.58. The van der Waals surface area contributed by atoms with Crippen molar-refractivity contribution in [3.8, 4) is 0 Å². The first kappa shape index (κ1) is 9.97. The highest BCUT2D eigenvalue weighted by Crippen LogP contribution is 2.36. The zero-order valence-electron chi connectivity index (χ0n) is 8.18. The molecule has 1 saturated heterocycles. The summed E-state index contributed by atoms with van der Waals surface area (Å²) in [6.07, 6.45) is 8.31. The molecule has 0 aromatic rings. The van der Waals surface area contributed by atoms with Crippen LogP contribution in [0.15, 0.2) is 0 Å². The highest BCUT2D eigenvalue weighted by molar-refractivity contribution is 9.09. The van der Waals surface area contributed by atoms with Crippen LogP contribution in [-0.2, 0) is 4.74 Å². The third-order valence-corrected chi connectivity index (χ3v) is 4.34. The van der Waals surface area contributed by atoms with Crippen LogP contribution in [0.25, 0.3) is 0 Å². The van der Waals surface area contributed by atoms with Gasteiger partial charge in [0.1, 0.15) is 0 Å². The summed E-state index contributed by atoms with van der Waals surface area (Å²) >= 11 is 3.75. The van der Waals surface area contributed by atoms with Gasteiger partial charge in [0.2, 0.25) is 0 Å². The Morgan fingerprint density at radius 1 is 1.00 bits per heavy atom. The average Bonchev–Trinajstić information content (AvgIpc) is 2.19. The predicted octanol–water partition coefficient (Wildman–Crippen LogP) is 3.37. The molecule has 0 N–H and O–H groups in total. The smallest absolute Gasteiger partial charge is 0.0496 e. The summed E-state index contributed by atoms with van der Waals surface area (Å²) in [5.41, 5.74) is 0. The van der Waals surface area contributed by atoms with Crippen molar-refractivity contribution in [2.24, 2.45) is 11.8 Å². The summed E-state index contributed by atoms with van der Waals surface area (Å²) in [5.74, 6) is 1.81. The van der Waals surface area contributed by atoms with E-state index in [2.05, 4.69) is 15.9 Å². The van der Waals surface area contributed by atoms with Crippen LogP contribution in [-0.4, -0.2) is 18.0 Å². The summed E-state index contributed by atoms with van der Waals surface area (Å²) in [6.45, 7) is 2.03. The molecule has 76 valence electrons. The van der Waals surface area contributed by atoms with Crippen molar-refractivity contribution >= 4 is 15.9 Å². The van der Waals surface area contributed by atoms with Crippen LogP contribution < -0.4 is 0 Å². The molecule has 0 spiro atoms. The molecule has 0 radical (unpaired) electrons. The molecule has 3 atom stereocenters. The number of hydrogen-bond donors (Lipinski definition) is 0. The van der Waals surface area contributed by atoms with Crippen LogP contribution in [0, 0.1) is 11.8 Å². The van der Waals surface area contributed by atoms with Gasteiger partial charge in [-0.2, -0.15) is 0 Å². The summed E-state index contributed by atoms with van der Waals surface area (Å²) < 4.78 is 5.56. The van der Waals surface area contributed by atoms with E-state index in [9.17, 15) is 0 Å². The lowest BCUT2D eigenvalue weighted by molar-refractivity contribution is 0.0231. The van der Waals surface area contributed by atoms with Gasteiger partial charge in [-0.05, 0) is 37.5 Å². The maximum Gasteiger partial charge on any atom is 0.0496 e. The lowest BCUT2D eigenvalue weighted by atomic mass is 9.78. The van der Waals surface area contributed by atoms with Gasteiger partial charge in [-0.25, -0.2) is 0 Å². The van der Waals surface area contributed by atoms with Crippen LogP contribution >= 0.6 is 15.9 Å². The highest BCUT2D eigenvalue weighted by Gasteiger charge is 2.28. The Hall–Kier alpha value is 0.440. The average molecular weight is 247 g/mol. The Labute approximate surface area is 89.4 Å². The second kappa shape index (κ2) is 4.79. The number of ether oxygens (including phenoxy) is 1. The molecule has 0 aromatic carbocycles. The molecule has 1 aliphatic heterocycles. The Morgan fingerprint density at radius 3 is 2.54 bits per heavy atom. The molecule has 2 fully saturated rings. The second-order valence-electron chi connectivity index (χ2n) is 4.50. The molecule has 0 aromatic heterocycles. The van der Waals surface area contributed by atoms with E-state index < -0.39 is 0 Å². The van der Waals surface area contributed by atoms with Gasteiger partial charge in [0, 0.05) is 18.0 Å². The van der Waals surface area contributed by atoms with Crippen molar-refractivity contribution < 1.29 is 4.74 Å². The number of rotatable bonds is 1. The number of hydrogen-bond acceptors (Lipinski definition) is 1. The minimum absolute atomic E-state index is 0.785. The van der Waals surface area contributed by atoms with Crippen LogP contribution in [0.3, 0.4) is 0 Å². The van der Waals surface area contributed by atoms with Crippen LogP contribution in [0.2, 0.25) is 0 Å². The Kier molecular flexibility index (Phi) is 3.67. The molecule has 2 aliphatic rings. The molecule has 1 saturated carbocycles. The van der Waals surface area contributed by atoms with E-state index in [1.807, 2.05) is 0 Å². The molecule has 2 rings (SSSR count). The maximum atomic E-state index is 5.56. The van der Waals surface area contributed by atoms with E-state index in [4.69, 9.17) is 4.74 Å². The lowest BCUT2D eigenvalue weighted by Gasteiger charge is -2.34. The predicted molar refractivity (Wildman–Crippen MR) is 58.2 cm³/mol. The normalized spacial score (nSPS) is 41.8. The van der Waals surface area contributed by atoms with Gasteiger partial charge in [-0.3, -0.25) is 0 Å². The zero-order valence-corrected chi connectivity index (χ0v) is 9.76. The van der Waals surface area contributed by atoms with E-state index >= 15 is 0 Å². The molecule has 3 unspecified atom stereocenters. The minimum Gasteiger partial charge on any atom is -0.381 e. The molecular formula is C11H19BrO. The SMILES string of the molecule is BrC1CCCC(C2CCCOC2)C1. The van der Waals surface area contributed by atoms with Gasteiger partial charge in [0.25, 0.3) is 0 Å². The summed E-state index contributed by atoms with van der Waals surface area (Å²) in [5, 5.41) is 0. The van der Waals surface area contributed by atoms with E-state index in [1.54, 1.807) is 0 Å². The largest absolute Gasteiger partial charge is 0.381 e. The highest BCUT2D eigenvalue weighted by atomic mass is 79.9. The number of alkyl halides is 1. The van der Waals surface area contributed by atoms with Crippen molar-refractivity contribution in [1.29, 1.82) is 0 Å². The van der Waals surface area contributed by atoms with Crippen LogP contribution in [0.1, 0.15) is 38.5 Å². The summed E-state index contributed by atoms with van der Waals surface area (Å²) in [4.78, 5) is 0.785. The van der Waals surface area contributed by atoms with Gasteiger partial charge >= 0.3 is 0 Å². The summed E-state index contributed by atoms with van der Waals surface area (Å²) in [7, 11) is 0. The van der Waals surface area contributed by atoms with E-state index in [1.165, 1.54) is 38.5 Å². The Balaban J connectivity index is 1.83. The molecule has 1 heterocycles. The van der Waals surface area contributed by atoms with Gasteiger partial charge in [-0.15, -0.1) is 0 Å². The molecule has 0 amide bonds. The molecule has 1 nitrogen and oxygen atoms in total. The fourth-order valence-electron chi connectivity index (χ4n) is 2.73. The van der Waals surface area contributed by atoms with E-state index in [-0.39, 0.29) is 0 Å². The van der Waals surface area contributed by atoms with Crippen LogP contribution in [0.4, 0.5) is 0 Å². The first-order valence-corrected chi connectivity index (χ1v) is 6.49. The second-order valence-corrected chi connectivity index (χ2v) is 5.80. The van der Waals surface area contributed by atoms with Crippen molar-refractivity contribution in [1.82, 2.24) is 0 Å². The van der Waals surface area contributed by atoms with Crippen molar-refractivity contribution in [3.63, 3.8) is 0 Å². The molecule has 13 heavy (non-hydrogen) atoms. The van der Waals surface area contributed by atoms with Crippen molar-refractivity contribution in [2.75, 3.05) is 13.2 Å². The van der Waals surface area contributed by atoms with Crippen molar-refractivity contribution in [3.05, 3.63) is 0 Å². The summed E-state index contributed by atoms with van der Waals surface area (Å²) in [6, 6.07) is 0. The van der Waals surface area contributed by atoms with E-state index in [0.717, 1.165) is 29.9 Å². The molecular weight excluding hydrogens is 228 g/mol. The van der Waals surface area contributed by atoms with E-state index in [0.29, 0.717) is 0 Å². The van der Waals surface area contributed by atoms with Gasteiger partial charge in [-0.1, -0.05) is 28.8 Å². The van der Waals surface area contributed by atoms with Gasteiger partial charge in [0.05, 0.1) is 0 Å². The van der Waals surface area contributed by atoms with Crippen LogP contribution in [0.5, 0.6) is 0 Å². The maximum absolute atomic E-state index is 5.56. The Bertz CT molecular complexity index is 154. The standard InChI is InChI=1S/C11H19BrO/c12-11-5-1-3-9(7-11)10-4-2-6-13-8-10/h9-11H,1-8H2. The molecule has 2 heteroatoms. The third kappa shape index (κ3) is 2.69. The molecule has 0 bridgehead atoms. The zero-order chi connectivity index (χ0) is 9.10. The fourth-order valence-corrected chi connectivity index (χ4v) is 3.54. The third-order valence-electron chi connectivity index (χ3n) is 3.51. The van der Waals surface area contributed by atoms with Crippen molar-refractivity contribution in [2.45, 2.75) is 43.4 Å². The topological polar surface area (TPSA) is 9.23 Å². The van der Waals surface area contributed by atoms with Gasteiger partial charge in [0.15, 0.2) is 0 Å². The lowest BCUT2D eigenvalue weighted by Crippen LogP contribution is -2.29. The minimum atomic E-state index is 0.785. The monoisotopic (exact) mass is 246 g/mol. The number of halogens is 1. The first-order chi connectivity index (χ1) is 6.36. The molecule has 1 aliphatic carbocycles. The quantitative estimate of drug-likeness (QED) is 0.645.